The minimum absolute atomic E-state index is 0.0125. The second kappa shape index (κ2) is 5.09. The molecule has 1 aliphatic heterocycles. The average Bonchev–Trinajstić information content (AvgIpc) is 3.22. The predicted octanol–water partition coefficient (Wildman–Crippen LogP) is 2.10. The number of carbonyl (C=O) groups is 1. The van der Waals surface area contributed by atoms with Crippen molar-refractivity contribution < 1.29 is 4.79 Å². The van der Waals surface area contributed by atoms with Gasteiger partial charge in [0.05, 0.1) is 11.2 Å². The van der Waals surface area contributed by atoms with Gasteiger partial charge < -0.3 is 11.1 Å². The summed E-state index contributed by atoms with van der Waals surface area (Å²) in [6.07, 6.45) is 11.5. The number of amides is 1. The van der Waals surface area contributed by atoms with Crippen molar-refractivity contribution in [1.29, 1.82) is 0 Å². The van der Waals surface area contributed by atoms with Crippen LogP contribution in [0.15, 0.2) is 30.7 Å². The van der Waals surface area contributed by atoms with E-state index in [1.165, 1.54) is 4.68 Å². The molecule has 118 valence electrons. The van der Waals surface area contributed by atoms with Crippen LogP contribution in [0.2, 0.25) is 5.02 Å². The second-order valence-corrected chi connectivity index (χ2v) is 6.49. The standard InChI is InChI=1S/C16H16ClN5O/c17-14-11(10-5-21-22(7-10)8-12(18)23)6-19-15-13(14)16(9-20-15)3-1-2-4-16/h1-2,5-7H,3-4,8-9H2,(H2,18,23)(H,19,20). The van der Waals surface area contributed by atoms with E-state index in [1.807, 2.05) is 0 Å². The third-order valence-corrected chi connectivity index (χ3v) is 4.98. The Morgan fingerprint density at radius 3 is 2.91 bits per heavy atom. The Morgan fingerprint density at radius 2 is 2.17 bits per heavy atom. The molecule has 1 spiro atoms. The van der Waals surface area contributed by atoms with Gasteiger partial charge in [-0.1, -0.05) is 23.8 Å². The van der Waals surface area contributed by atoms with Gasteiger partial charge >= 0.3 is 0 Å². The zero-order valence-corrected chi connectivity index (χ0v) is 13.2. The van der Waals surface area contributed by atoms with Crippen LogP contribution in [0.5, 0.6) is 0 Å². The van der Waals surface area contributed by atoms with Crippen molar-refractivity contribution in [1.82, 2.24) is 14.8 Å². The first-order valence-electron chi connectivity index (χ1n) is 7.48. The molecule has 0 unspecified atom stereocenters. The van der Waals surface area contributed by atoms with Crippen molar-refractivity contribution >= 4 is 23.3 Å². The number of primary amides is 1. The summed E-state index contributed by atoms with van der Waals surface area (Å²) >= 11 is 6.74. The van der Waals surface area contributed by atoms with Gasteiger partial charge in [-0.15, -0.1) is 0 Å². The highest BCUT2D eigenvalue weighted by Crippen LogP contribution is 2.49. The molecule has 0 radical (unpaired) electrons. The molecule has 0 saturated heterocycles. The Balaban J connectivity index is 1.77. The lowest BCUT2D eigenvalue weighted by atomic mass is 9.80. The monoisotopic (exact) mass is 329 g/mol. The minimum Gasteiger partial charge on any atom is -0.369 e. The molecule has 3 heterocycles. The molecule has 0 fully saturated rings. The number of fused-ring (bicyclic) bond motifs is 2. The molecule has 23 heavy (non-hydrogen) atoms. The highest BCUT2D eigenvalue weighted by molar-refractivity contribution is 6.34. The molecular weight excluding hydrogens is 314 g/mol. The van der Waals surface area contributed by atoms with Gasteiger partial charge in [0.25, 0.3) is 0 Å². The van der Waals surface area contributed by atoms with Gasteiger partial charge in [-0.2, -0.15) is 5.10 Å². The van der Waals surface area contributed by atoms with Gasteiger partial charge in [0, 0.05) is 41.0 Å². The second-order valence-electron chi connectivity index (χ2n) is 6.12. The zero-order valence-electron chi connectivity index (χ0n) is 12.4. The summed E-state index contributed by atoms with van der Waals surface area (Å²) in [6.45, 7) is 0.901. The number of nitrogens with two attached hydrogens (primary N) is 1. The highest BCUT2D eigenvalue weighted by atomic mass is 35.5. The number of aromatic nitrogens is 3. The van der Waals surface area contributed by atoms with Crippen molar-refractivity contribution in [2.75, 3.05) is 11.9 Å². The molecule has 3 N–H and O–H groups in total. The van der Waals surface area contributed by atoms with Crippen LogP contribution in [0.1, 0.15) is 18.4 Å². The summed E-state index contributed by atoms with van der Waals surface area (Å²) in [4.78, 5) is 15.5. The summed E-state index contributed by atoms with van der Waals surface area (Å²) in [5.41, 5.74) is 7.96. The summed E-state index contributed by atoms with van der Waals surface area (Å²) in [6, 6.07) is 0. The number of rotatable bonds is 3. The van der Waals surface area contributed by atoms with E-state index in [9.17, 15) is 4.79 Å². The molecule has 0 saturated carbocycles. The number of nitrogens with one attached hydrogen (secondary N) is 1. The van der Waals surface area contributed by atoms with Gasteiger partial charge in [0.1, 0.15) is 12.4 Å². The Hall–Kier alpha value is -2.34. The van der Waals surface area contributed by atoms with Crippen LogP contribution in [-0.4, -0.2) is 27.2 Å². The summed E-state index contributed by atoms with van der Waals surface area (Å²) in [7, 11) is 0. The van der Waals surface area contributed by atoms with Crippen molar-refractivity contribution in [3.05, 3.63) is 41.3 Å². The fourth-order valence-corrected chi connectivity index (χ4v) is 3.90. The van der Waals surface area contributed by atoms with Gasteiger partial charge in [-0.05, 0) is 12.8 Å². The molecule has 1 aliphatic carbocycles. The fourth-order valence-electron chi connectivity index (χ4n) is 3.45. The number of hydrogen-bond acceptors (Lipinski definition) is 4. The van der Waals surface area contributed by atoms with Crippen LogP contribution in [0, 0.1) is 0 Å². The van der Waals surface area contributed by atoms with Crippen LogP contribution in [0.25, 0.3) is 11.1 Å². The third-order valence-electron chi connectivity index (χ3n) is 4.59. The molecule has 0 bridgehead atoms. The van der Waals surface area contributed by atoms with E-state index in [1.54, 1.807) is 18.6 Å². The quantitative estimate of drug-likeness (QED) is 0.844. The number of hydrogen-bond donors (Lipinski definition) is 2. The largest absolute Gasteiger partial charge is 0.369 e. The average molecular weight is 330 g/mol. The lowest BCUT2D eigenvalue weighted by molar-refractivity contribution is -0.118. The molecule has 2 aliphatic rings. The molecule has 7 heteroatoms. The lowest BCUT2D eigenvalue weighted by Gasteiger charge is -2.24. The molecule has 4 rings (SSSR count). The topological polar surface area (TPSA) is 85.8 Å². The van der Waals surface area contributed by atoms with Crippen LogP contribution in [-0.2, 0) is 16.8 Å². The SMILES string of the molecule is NC(=O)Cn1cc(-c2cnc3c(c2Cl)C2(CC=CC2)CN3)cn1. The molecule has 0 aromatic carbocycles. The lowest BCUT2D eigenvalue weighted by Crippen LogP contribution is -2.25. The van der Waals surface area contributed by atoms with Crippen LogP contribution >= 0.6 is 11.6 Å². The van der Waals surface area contributed by atoms with E-state index in [4.69, 9.17) is 17.3 Å². The maximum atomic E-state index is 11.0. The Kier molecular flexibility index (Phi) is 3.16. The first kappa shape index (κ1) is 14.3. The highest BCUT2D eigenvalue weighted by Gasteiger charge is 2.42. The number of allylic oxidation sites excluding steroid dienone is 2. The van der Waals surface area contributed by atoms with Crippen molar-refractivity contribution in [2.45, 2.75) is 24.8 Å². The van der Waals surface area contributed by atoms with E-state index in [-0.39, 0.29) is 12.0 Å². The third kappa shape index (κ3) is 2.21. The fraction of sp³-hybridized carbons (Fsp3) is 0.312. The van der Waals surface area contributed by atoms with Gasteiger partial charge in [-0.3, -0.25) is 9.48 Å². The maximum Gasteiger partial charge on any atom is 0.239 e. The maximum absolute atomic E-state index is 11.0. The number of pyridine rings is 1. The normalized spacial score (nSPS) is 17.4. The molecule has 2 aromatic heterocycles. The van der Waals surface area contributed by atoms with E-state index in [0.717, 1.165) is 41.9 Å². The molecule has 0 atom stereocenters. The van der Waals surface area contributed by atoms with E-state index in [2.05, 4.69) is 27.6 Å². The summed E-state index contributed by atoms with van der Waals surface area (Å²) < 4.78 is 1.51. The number of halogens is 1. The molecule has 1 amide bonds. The summed E-state index contributed by atoms with van der Waals surface area (Å²) in [5.74, 6) is 0.435. The Bertz CT molecular complexity index is 818. The zero-order chi connectivity index (χ0) is 16.0. The Morgan fingerprint density at radius 1 is 1.39 bits per heavy atom. The van der Waals surface area contributed by atoms with Crippen LogP contribution in [0.4, 0.5) is 5.82 Å². The smallest absolute Gasteiger partial charge is 0.239 e. The number of nitrogens with zero attached hydrogens (tertiary/aromatic N) is 3. The number of carbonyl (C=O) groups excluding carboxylic acids is 1. The molecule has 6 nitrogen and oxygen atoms in total. The van der Waals surface area contributed by atoms with E-state index >= 15 is 0 Å². The van der Waals surface area contributed by atoms with Crippen LogP contribution < -0.4 is 11.1 Å². The predicted molar refractivity (Wildman–Crippen MR) is 88.2 cm³/mol. The van der Waals surface area contributed by atoms with Crippen molar-refractivity contribution in [3.8, 4) is 11.1 Å². The van der Waals surface area contributed by atoms with Gasteiger partial charge in [0.2, 0.25) is 5.91 Å². The van der Waals surface area contributed by atoms with Gasteiger partial charge in [0.15, 0.2) is 0 Å². The van der Waals surface area contributed by atoms with Gasteiger partial charge in [-0.25, -0.2) is 4.98 Å². The number of anilines is 1. The van der Waals surface area contributed by atoms with E-state index < -0.39 is 5.91 Å². The van der Waals surface area contributed by atoms with Crippen LogP contribution in [0.3, 0.4) is 0 Å². The van der Waals surface area contributed by atoms with Crippen molar-refractivity contribution in [2.24, 2.45) is 5.73 Å². The Labute approximate surface area is 138 Å². The first-order chi connectivity index (χ1) is 11.1. The van der Waals surface area contributed by atoms with E-state index in [0.29, 0.717) is 5.02 Å². The minimum atomic E-state index is -0.432. The van der Waals surface area contributed by atoms with Crippen molar-refractivity contribution in [3.63, 3.8) is 0 Å². The molecule has 2 aromatic rings. The first-order valence-corrected chi connectivity index (χ1v) is 7.86. The summed E-state index contributed by atoms with van der Waals surface area (Å²) in [5, 5.41) is 8.23. The molecular formula is C16H16ClN5O.